The number of halogens is 2. The molecule has 7 nitrogen and oxygen atoms in total. The normalized spacial score (nSPS) is 15.9. The molecule has 4 rings (SSSR count). The van der Waals surface area contributed by atoms with Crippen LogP contribution in [-0.4, -0.2) is 50.0 Å². The predicted octanol–water partition coefficient (Wildman–Crippen LogP) is 4.65. The van der Waals surface area contributed by atoms with Crippen molar-refractivity contribution in [3.05, 3.63) is 57.8 Å². The van der Waals surface area contributed by atoms with Gasteiger partial charge in [0.1, 0.15) is 10.5 Å². The maximum Gasteiger partial charge on any atom is 0.371 e. The number of anilines is 1. The smallest absolute Gasteiger partial charge is 0.371 e. The highest BCUT2D eigenvalue weighted by atomic mass is 35.5. The van der Waals surface area contributed by atoms with Crippen molar-refractivity contribution in [1.82, 2.24) is 4.31 Å². The molecule has 0 aliphatic carbocycles. The molecule has 164 valence electrons. The van der Waals surface area contributed by atoms with Crippen LogP contribution in [0.4, 0.5) is 5.69 Å². The number of rotatable bonds is 4. The molecule has 0 saturated carbocycles. The molecule has 1 fully saturated rings. The first-order valence-corrected chi connectivity index (χ1v) is 11.8. The number of furan rings is 1. The van der Waals surface area contributed by atoms with Crippen LogP contribution < -0.4 is 4.90 Å². The van der Waals surface area contributed by atoms with Crippen molar-refractivity contribution in [2.45, 2.75) is 18.2 Å². The van der Waals surface area contributed by atoms with Crippen molar-refractivity contribution in [1.29, 1.82) is 0 Å². The molecule has 3 aromatic rings. The molecule has 1 aromatic heterocycles. The summed E-state index contributed by atoms with van der Waals surface area (Å²) in [5, 5.41) is 10.4. The standard InChI is InChI=1S/C21H20Cl2N2O5S/c1-13-15-12-19(21(26)27)30-18(15)6-5-17(13)24-7-2-8-25(10-9-24)31(28,29)20-11-14(22)3-4-16(20)23/h3-6,11-12H,2,7-10H2,1H3,(H,26,27). The largest absolute Gasteiger partial charge is 0.475 e. The summed E-state index contributed by atoms with van der Waals surface area (Å²) in [7, 11) is -3.79. The van der Waals surface area contributed by atoms with Crippen molar-refractivity contribution in [2.24, 2.45) is 0 Å². The Kier molecular flexibility index (Phi) is 5.91. The number of fused-ring (bicyclic) bond motifs is 1. The molecule has 0 spiro atoms. The van der Waals surface area contributed by atoms with Gasteiger partial charge >= 0.3 is 5.97 Å². The molecule has 2 aromatic carbocycles. The number of sulfonamides is 1. The third-order valence-electron chi connectivity index (χ3n) is 5.46. The lowest BCUT2D eigenvalue weighted by Gasteiger charge is -2.25. The second-order valence-corrected chi connectivity index (χ2v) is 10.1. The highest BCUT2D eigenvalue weighted by Gasteiger charge is 2.29. The average molecular weight is 483 g/mol. The monoisotopic (exact) mass is 482 g/mol. The number of benzene rings is 2. The molecule has 1 aliphatic rings. The molecule has 0 amide bonds. The summed E-state index contributed by atoms with van der Waals surface area (Å²) in [6.45, 7) is 3.69. The van der Waals surface area contributed by atoms with E-state index in [1.54, 1.807) is 12.1 Å². The third-order valence-corrected chi connectivity index (χ3v) is 8.07. The second-order valence-electron chi connectivity index (χ2n) is 7.36. The van der Waals surface area contributed by atoms with E-state index in [4.69, 9.17) is 27.6 Å². The summed E-state index contributed by atoms with van der Waals surface area (Å²) in [5.74, 6) is -1.23. The summed E-state index contributed by atoms with van der Waals surface area (Å²) in [6, 6.07) is 9.55. The van der Waals surface area contributed by atoms with Gasteiger partial charge in [-0.3, -0.25) is 0 Å². The summed E-state index contributed by atoms with van der Waals surface area (Å²) < 4.78 is 33.1. The summed E-state index contributed by atoms with van der Waals surface area (Å²) in [6.07, 6.45) is 0.626. The van der Waals surface area contributed by atoms with Crippen molar-refractivity contribution in [2.75, 3.05) is 31.1 Å². The fourth-order valence-corrected chi connectivity index (χ4v) is 6.08. The first-order valence-electron chi connectivity index (χ1n) is 9.65. The number of hydrogen-bond acceptors (Lipinski definition) is 5. The summed E-state index contributed by atoms with van der Waals surface area (Å²) >= 11 is 12.1. The fourth-order valence-electron chi connectivity index (χ4n) is 3.88. The first-order chi connectivity index (χ1) is 14.7. The van der Waals surface area contributed by atoms with Crippen LogP contribution in [0.5, 0.6) is 0 Å². The van der Waals surface area contributed by atoms with Crippen molar-refractivity contribution in [3.8, 4) is 0 Å². The lowest BCUT2D eigenvalue weighted by atomic mass is 10.1. The van der Waals surface area contributed by atoms with Crippen molar-refractivity contribution in [3.63, 3.8) is 0 Å². The number of carbonyl (C=O) groups is 1. The van der Waals surface area contributed by atoms with Crippen LogP contribution in [0.1, 0.15) is 22.5 Å². The molecule has 10 heteroatoms. The van der Waals surface area contributed by atoms with Gasteiger partial charge in [-0.1, -0.05) is 23.2 Å². The molecular formula is C21H20Cl2N2O5S. The van der Waals surface area contributed by atoms with Crippen LogP contribution in [0, 0.1) is 6.92 Å². The highest BCUT2D eigenvalue weighted by molar-refractivity contribution is 7.89. The van der Waals surface area contributed by atoms with E-state index in [1.165, 1.54) is 22.5 Å². The van der Waals surface area contributed by atoms with Crippen LogP contribution in [-0.2, 0) is 10.0 Å². The van der Waals surface area contributed by atoms with Gasteiger partial charge in [0, 0.05) is 42.3 Å². The van der Waals surface area contributed by atoms with E-state index in [0.29, 0.717) is 36.7 Å². The SMILES string of the molecule is Cc1c(N2CCCN(S(=O)(=O)c3cc(Cl)ccc3Cl)CC2)ccc2oc(C(=O)O)cc12. The fraction of sp³-hybridized carbons (Fsp3) is 0.286. The Morgan fingerprint density at radius 3 is 2.58 bits per heavy atom. The zero-order valence-corrected chi connectivity index (χ0v) is 19.0. The Morgan fingerprint density at radius 1 is 1.06 bits per heavy atom. The zero-order chi connectivity index (χ0) is 22.3. The Balaban J connectivity index is 1.60. The van der Waals surface area contributed by atoms with Gasteiger partial charge in [0.05, 0.1) is 5.02 Å². The molecule has 0 radical (unpaired) electrons. The lowest BCUT2D eigenvalue weighted by Crippen LogP contribution is -2.35. The maximum atomic E-state index is 13.2. The number of nitrogens with zero attached hydrogens (tertiary/aromatic N) is 2. The lowest BCUT2D eigenvalue weighted by molar-refractivity contribution is 0.0665. The van der Waals surface area contributed by atoms with Crippen LogP contribution in [0.25, 0.3) is 11.0 Å². The number of aryl methyl sites for hydroxylation is 1. The molecule has 0 atom stereocenters. The van der Waals surface area contributed by atoms with Crippen LogP contribution in [0.15, 0.2) is 45.7 Å². The predicted molar refractivity (Wildman–Crippen MR) is 120 cm³/mol. The first kappa shape index (κ1) is 22.0. The van der Waals surface area contributed by atoms with E-state index >= 15 is 0 Å². The molecule has 2 heterocycles. The van der Waals surface area contributed by atoms with Gasteiger partial charge in [-0.2, -0.15) is 4.31 Å². The number of aromatic carboxylic acids is 1. The topological polar surface area (TPSA) is 91.1 Å². The number of carboxylic acid groups (broad SMARTS) is 1. The number of carboxylic acids is 1. The minimum Gasteiger partial charge on any atom is -0.475 e. The van der Waals surface area contributed by atoms with Crippen molar-refractivity contribution < 1.29 is 22.7 Å². The maximum absolute atomic E-state index is 13.2. The molecule has 1 saturated heterocycles. The van der Waals surface area contributed by atoms with Gasteiger partial charge < -0.3 is 14.4 Å². The average Bonchev–Trinajstić information content (AvgIpc) is 3.02. The molecule has 0 bridgehead atoms. The summed E-state index contributed by atoms with van der Waals surface area (Å²) in [5.41, 5.74) is 2.32. The third kappa shape index (κ3) is 4.13. The minimum atomic E-state index is -3.79. The van der Waals surface area contributed by atoms with Crippen molar-refractivity contribution >= 4 is 55.9 Å². The van der Waals surface area contributed by atoms with Gasteiger partial charge in [-0.15, -0.1) is 0 Å². The highest BCUT2D eigenvalue weighted by Crippen LogP contribution is 2.32. The summed E-state index contributed by atoms with van der Waals surface area (Å²) in [4.78, 5) is 13.3. The molecule has 0 unspecified atom stereocenters. The Morgan fingerprint density at radius 2 is 1.84 bits per heavy atom. The molecule has 1 N–H and O–H groups in total. The molecule has 1 aliphatic heterocycles. The Labute approximate surface area is 189 Å². The van der Waals surface area contributed by atoms with Gasteiger partial charge in [0.15, 0.2) is 0 Å². The molecule has 31 heavy (non-hydrogen) atoms. The van der Waals surface area contributed by atoms with E-state index in [9.17, 15) is 18.3 Å². The number of hydrogen-bond donors (Lipinski definition) is 1. The van der Waals surface area contributed by atoms with E-state index in [0.717, 1.165) is 16.6 Å². The van der Waals surface area contributed by atoms with Crippen LogP contribution >= 0.6 is 23.2 Å². The van der Waals surface area contributed by atoms with Crippen LogP contribution in [0.2, 0.25) is 10.0 Å². The van der Waals surface area contributed by atoms with Gasteiger partial charge in [-0.25, -0.2) is 13.2 Å². The van der Waals surface area contributed by atoms with E-state index in [2.05, 4.69) is 4.90 Å². The van der Waals surface area contributed by atoms with Gasteiger partial charge in [-0.05, 0) is 55.3 Å². The zero-order valence-electron chi connectivity index (χ0n) is 16.6. The molecular weight excluding hydrogens is 463 g/mol. The van der Waals surface area contributed by atoms with Gasteiger partial charge in [0.25, 0.3) is 0 Å². The minimum absolute atomic E-state index is 0.00677. The Bertz CT molecular complexity index is 1270. The van der Waals surface area contributed by atoms with E-state index in [-0.39, 0.29) is 22.2 Å². The van der Waals surface area contributed by atoms with Crippen LogP contribution in [0.3, 0.4) is 0 Å². The van der Waals surface area contributed by atoms with E-state index < -0.39 is 16.0 Å². The second kappa shape index (κ2) is 8.35. The van der Waals surface area contributed by atoms with Gasteiger partial charge in [0.2, 0.25) is 15.8 Å². The quantitative estimate of drug-likeness (QED) is 0.581. The van der Waals surface area contributed by atoms with E-state index in [1.807, 2.05) is 13.0 Å². The Hall–Kier alpha value is -2.26.